The zero-order chi connectivity index (χ0) is 13.0. The first-order valence-electron chi connectivity index (χ1n) is 7.65. The molecule has 0 aromatic heterocycles. The third-order valence-corrected chi connectivity index (χ3v) is 4.49. The Balaban J connectivity index is 4.39. The number of alkyl halides is 1. The van der Waals surface area contributed by atoms with Crippen LogP contribution in [0.3, 0.4) is 0 Å². The molecule has 0 heterocycles. The Bertz CT molecular complexity index is 121. The maximum absolute atomic E-state index is 2.53. The number of unbranched alkanes of at least 4 members (excludes halogenated alkanes) is 3. The number of halogens is 1. The molecule has 0 saturated carbocycles. The van der Waals surface area contributed by atoms with Gasteiger partial charge in [-0.3, -0.25) is 0 Å². The summed E-state index contributed by atoms with van der Waals surface area (Å²) in [5.41, 5.74) is 0. The third-order valence-electron chi connectivity index (χ3n) is 3.72. The average Bonchev–Trinajstić information content (AvgIpc) is 2.37. The smallest absolute Gasteiger partial charge is 0.0794 e. The second-order valence-electron chi connectivity index (χ2n) is 5.34. The lowest BCUT2D eigenvalue weighted by Crippen LogP contribution is -2.50. The fourth-order valence-corrected chi connectivity index (χ4v) is 2.89. The van der Waals surface area contributed by atoms with Crippen molar-refractivity contribution in [1.29, 1.82) is 0 Å². The van der Waals surface area contributed by atoms with Gasteiger partial charge in [-0.15, -0.1) is 0 Å². The highest BCUT2D eigenvalue weighted by molar-refractivity contribution is 14.1. The lowest BCUT2D eigenvalue weighted by Gasteiger charge is -2.39. The van der Waals surface area contributed by atoms with E-state index in [0.717, 1.165) is 0 Å². The van der Waals surface area contributed by atoms with Gasteiger partial charge in [0.1, 0.15) is 0 Å². The van der Waals surface area contributed by atoms with Crippen molar-refractivity contribution in [2.45, 2.75) is 65.7 Å². The molecule has 0 aliphatic rings. The van der Waals surface area contributed by atoms with E-state index in [1.807, 2.05) is 0 Å². The summed E-state index contributed by atoms with van der Waals surface area (Å²) in [4.78, 5) is 0. The first-order chi connectivity index (χ1) is 8.24. The first-order valence-corrected chi connectivity index (χ1v) is 9.18. The van der Waals surface area contributed by atoms with E-state index in [1.165, 1.54) is 80.0 Å². The molecule has 2 heteroatoms. The molecule has 0 saturated heterocycles. The van der Waals surface area contributed by atoms with Gasteiger partial charge in [-0.05, 0) is 19.3 Å². The Morgan fingerprint density at radius 2 is 1.00 bits per heavy atom. The lowest BCUT2D eigenvalue weighted by molar-refractivity contribution is -0.928. The van der Waals surface area contributed by atoms with E-state index in [4.69, 9.17) is 0 Å². The summed E-state index contributed by atoms with van der Waals surface area (Å²) in [6.45, 7) is 12.7. The van der Waals surface area contributed by atoms with Crippen LogP contribution in [0.15, 0.2) is 0 Å². The van der Waals surface area contributed by atoms with Crippen LogP contribution in [-0.2, 0) is 0 Å². The van der Waals surface area contributed by atoms with E-state index in [-0.39, 0.29) is 0 Å². The second kappa shape index (κ2) is 11.8. The molecule has 0 rings (SSSR count). The van der Waals surface area contributed by atoms with Crippen LogP contribution in [0.4, 0.5) is 0 Å². The van der Waals surface area contributed by atoms with Crippen LogP contribution in [-0.4, -0.2) is 35.1 Å². The molecule has 1 nitrogen and oxygen atoms in total. The Morgan fingerprint density at radius 3 is 1.29 bits per heavy atom. The molecule has 0 aliphatic carbocycles. The molecular weight excluding hydrogens is 321 g/mol. The quantitative estimate of drug-likeness (QED) is 0.262. The van der Waals surface area contributed by atoms with Gasteiger partial charge in [-0.25, -0.2) is 0 Å². The minimum atomic E-state index is 1.32. The predicted molar refractivity (Wildman–Crippen MR) is 88.0 cm³/mol. The van der Waals surface area contributed by atoms with Crippen molar-refractivity contribution in [2.75, 3.05) is 30.6 Å². The zero-order valence-electron chi connectivity index (χ0n) is 12.3. The molecular formula is C15H33IN+. The summed E-state index contributed by atoms with van der Waals surface area (Å²) in [5, 5.41) is 0. The number of rotatable bonds is 12. The van der Waals surface area contributed by atoms with E-state index in [1.54, 1.807) is 0 Å². The van der Waals surface area contributed by atoms with Crippen LogP contribution in [0.25, 0.3) is 0 Å². The van der Waals surface area contributed by atoms with Crippen molar-refractivity contribution in [2.24, 2.45) is 0 Å². The van der Waals surface area contributed by atoms with E-state index in [2.05, 4.69) is 43.4 Å². The van der Waals surface area contributed by atoms with Crippen LogP contribution in [0.2, 0.25) is 0 Å². The Morgan fingerprint density at radius 1 is 0.647 bits per heavy atom. The van der Waals surface area contributed by atoms with Gasteiger partial charge in [-0.1, -0.05) is 62.6 Å². The minimum absolute atomic E-state index is 1.32. The summed E-state index contributed by atoms with van der Waals surface area (Å²) < 4.78 is 2.74. The number of quaternary nitrogens is 1. The summed E-state index contributed by atoms with van der Waals surface area (Å²) in [5.74, 6) is 0. The molecule has 0 fully saturated rings. The zero-order valence-corrected chi connectivity index (χ0v) is 14.5. The molecule has 0 amide bonds. The predicted octanol–water partition coefficient (Wildman–Crippen LogP) is 5.03. The van der Waals surface area contributed by atoms with Gasteiger partial charge in [0.25, 0.3) is 0 Å². The van der Waals surface area contributed by atoms with Crippen molar-refractivity contribution >= 4 is 22.6 Å². The summed E-state index contributed by atoms with van der Waals surface area (Å²) in [7, 11) is 0. The summed E-state index contributed by atoms with van der Waals surface area (Å²) in [6.07, 6.45) is 9.68. The molecule has 17 heavy (non-hydrogen) atoms. The van der Waals surface area contributed by atoms with Crippen molar-refractivity contribution in [3.05, 3.63) is 0 Å². The molecule has 0 atom stereocenters. The van der Waals surface area contributed by atoms with Gasteiger partial charge in [0.05, 0.1) is 26.2 Å². The Hall–Kier alpha value is 0.690. The van der Waals surface area contributed by atoms with Crippen LogP contribution in [0.1, 0.15) is 65.7 Å². The highest BCUT2D eigenvalue weighted by Crippen LogP contribution is 2.16. The molecule has 0 spiro atoms. The van der Waals surface area contributed by atoms with Gasteiger partial charge in [-0.2, -0.15) is 0 Å². The molecule has 0 radical (unpaired) electrons. The van der Waals surface area contributed by atoms with E-state index in [9.17, 15) is 0 Å². The number of hydrogen-bond acceptors (Lipinski definition) is 0. The van der Waals surface area contributed by atoms with Gasteiger partial charge in [0, 0.05) is 10.8 Å². The monoisotopic (exact) mass is 354 g/mol. The largest absolute Gasteiger partial charge is 0.324 e. The maximum atomic E-state index is 2.53. The van der Waals surface area contributed by atoms with Crippen molar-refractivity contribution in [3.63, 3.8) is 0 Å². The van der Waals surface area contributed by atoms with Crippen LogP contribution < -0.4 is 0 Å². The van der Waals surface area contributed by atoms with Crippen LogP contribution in [0.5, 0.6) is 0 Å². The Labute approximate surface area is 123 Å². The highest BCUT2D eigenvalue weighted by Gasteiger charge is 2.24. The van der Waals surface area contributed by atoms with Gasteiger partial charge in [0.2, 0.25) is 0 Å². The van der Waals surface area contributed by atoms with E-state index < -0.39 is 0 Å². The van der Waals surface area contributed by atoms with Crippen LogP contribution in [0, 0.1) is 0 Å². The SMILES string of the molecule is CCCC[N+](CCCC)(CCCC)CCCI. The fourth-order valence-electron chi connectivity index (χ4n) is 2.55. The number of nitrogens with zero attached hydrogens (tertiary/aromatic N) is 1. The normalized spacial score (nSPS) is 12.0. The Kier molecular flexibility index (Phi) is 12.2. The molecule has 104 valence electrons. The molecule has 0 aliphatic heterocycles. The summed E-state index contributed by atoms with van der Waals surface area (Å²) >= 11 is 2.53. The van der Waals surface area contributed by atoms with Crippen LogP contribution >= 0.6 is 22.6 Å². The van der Waals surface area contributed by atoms with Crippen molar-refractivity contribution < 1.29 is 4.48 Å². The highest BCUT2D eigenvalue weighted by atomic mass is 127. The number of hydrogen-bond donors (Lipinski definition) is 0. The third kappa shape index (κ3) is 8.41. The van der Waals surface area contributed by atoms with E-state index >= 15 is 0 Å². The van der Waals surface area contributed by atoms with Crippen molar-refractivity contribution in [1.82, 2.24) is 0 Å². The second-order valence-corrected chi connectivity index (χ2v) is 6.42. The van der Waals surface area contributed by atoms with Gasteiger partial charge >= 0.3 is 0 Å². The summed E-state index contributed by atoms with van der Waals surface area (Å²) in [6, 6.07) is 0. The molecule has 0 bridgehead atoms. The van der Waals surface area contributed by atoms with Gasteiger partial charge < -0.3 is 4.48 Å². The molecule has 0 aromatic carbocycles. The fraction of sp³-hybridized carbons (Fsp3) is 1.00. The van der Waals surface area contributed by atoms with Crippen molar-refractivity contribution in [3.8, 4) is 0 Å². The molecule has 0 N–H and O–H groups in total. The standard InChI is InChI=1S/C15H33IN/c1-4-7-12-17(13-8-5-2,14-9-6-3)15-10-11-16/h4-15H2,1-3H3/q+1. The molecule has 0 aromatic rings. The minimum Gasteiger partial charge on any atom is -0.324 e. The first kappa shape index (κ1) is 17.7. The topological polar surface area (TPSA) is 0 Å². The maximum Gasteiger partial charge on any atom is 0.0794 e. The average molecular weight is 354 g/mol. The van der Waals surface area contributed by atoms with E-state index in [0.29, 0.717) is 0 Å². The molecule has 0 unspecified atom stereocenters. The lowest BCUT2D eigenvalue weighted by atomic mass is 10.1. The van der Waals surface area contributed by atoms with Gasteiger partial charge in [0.15, 0.2) is 0 Å².